The Morgan fingerprint density at radius 2 is 1.84 bits per heavy atom. The Hall–Kier alpha value is -2.53. The quantitative estimate of drug-likeness (QED) is 0.476. The largest absolute Gasteiger partial charge is 0.773 e. The lowest BCUT2D eigenvalue weighted by Gasteiger charge is -2.44. The number of nitrogens with zero attached hydrogens (tertiary/aromatic N) is 1. The fraction of sp³-hybridized carbons (Fsp3) is 0.481. The van der Waals surface area contributed by atoms with Gasteiger partial charge in [0, 0.05) is 30.1 Å². The van der Waals surface area contributed by atoms with Crippen molar-refractivity contribution >= 4 is 34.6 Å². The van der Waals surface area contributed by atoms with Crippen molar-refractivity contribution < 1.29 is 32.6 Å². The summed E-state index contributed by atoms with van der Waals surface area (Å²) in [5.74, 6) is -1.32. The van der Waals surface area contributed by atoms with Crippen LogP contribution in [0.4, 0.5) is 4.39 Å². The van der Waals surface area contributed by atoms with Gasteiger partial charge in [0.1, 0.15) is 17.7 Å². The minimum atomic E-state index is -1.86. The molecular weight excluding hydrogens is 535 g/mol. The van der Waals surface area contributed by atoms with E-state index in [1.165, 1.54) is 6.07 Å². The Morgan fingerprint density at radius 1 is 1.24 bits per heavy atom. The zero-order chi connectivity index (χ0) is 28.6. The van der Waals surface area contributed by atoms with Gasteiger partial charge in [-0.2, -0.15) is 0 Å². The van der Waals surface area contributed by atoms with Crippen LogP contribution >= 0.6 is 11.6 Å². The summed E-state index contributed by atoms with van der Waals surface area (Å²) in [6.45, 7) is 7.17. The Bertz CT molecular complexity index is 1140. The van der Waals surface area contributed by atoms with Crippen LogP contribution in [0.2, 0.25) is 5.02 Å². The van der Waals surface area contributed by atoms with Crippen LogP contribution in [0.5, 0.6) is 5.75 Å². The van der Waals surface area contributed by atoms with Crippen molar-refractivity contribution in [1.29, 1.82) is 0 Å². The third-order valence-corrected chi connectivity index (χ3v) is 6.61. The summed E-state index contributed by atoms with van der Waals surface area (Å²) in [6, 6.07) is 10.9. The van der Waals surface area contributed by atoms with Gasteiger partial charge in [0.15, 0.2) is 0 Å². The van der Waals surface area contributed by atoms with Crippen LogP contribution in [0.25, 0.3) is 0 Å². The summed E-state index contributed by atoms with van der Waals surface area (Å²) in [5.41, 5.74) is 7.13. The predicted molar refractivity (Wildman–Crippen MR) is 145 cm³/mol. The molecule has 1 aliphatic heterocycles. The van der Waals surface area contributed by atoms with E-state index in [0.717, 1.165) is 68.1 Å². The van der Waals surface area contributed by atoms with Gasteiger partial charge in [-0.25, -0.2) is 4.39 Å². The van der Waals surface area contributed by atoms with Crippen molar-refractivity contribution in [3.8, 4) is 5.75 Å². The number of aliphatic carboxylic acids is 1. The van der Waals surface area contributed by atoms with E-state index < -0.39 is 28.8 Å². The Kier molecular flexibility index (Phi) is 11.7. The minimum absolute atomic E-state index is 0.0477. The van der Waals surface area contributed by atoms with Crippen LogP contribution in [0.15, 0.2) is 36.4 Å². The first kappa shape index (κ1) is 31.7. The van der Waals surface area contributed by atoms with Crippen LogP contribution < -0.4 is 10.5 Å². The lowest BCUT2D eigenvalue weighted by molar-refractivity contribution is -0.134. The van der Waals surface area contributed by atoms with Crippen molar-refractivity contribution in [3.05, 3.63) is 63.9 Å². The number of carbonyl (C=O) groups is 2. The molecule has 1 saturated heterocycles. The second-order valence-corrected chi connectivity index (χ2v) is 11.1. The number of carboxylic acid groups (broad SMARTS) is 1. The zero-order valence-corrected chi connectivity index (χ0v) is 23.6. The number of hydrogen-bond donors (Lipinski definition) is 2. The number of carbonyl (C=O) groups excluding carboxylic acids is 1. The molecule has 8 nitrogen and oxygen atoms in total. The number of primary amides is 1. The van der Waals surface area contributed by atoms with E-state index in [1.54, 1.807) is 6.07 Å². The maximum atomic E-state index is 14.4. The molecule has 2 aliphatic rings. The molecule has 4 rings (SSSR count). The van der Waals surface area contributed by atoms with Crippen LogP contribution in [0.1, 0.15) is 73.9 Å². The van der Waals surface area contributed by atoms with E-state index in [1.807, 2.05) is 18.2 Å². The average Bonchev–Trinajstić information content (AvgIpc) is 3.64. The molecular formula is C27H35ClFN2O6S-. The summed E-state index contributed by atoms with van der Waals surface area (Å²) in [6.07, 6.45) is 4.99. The molecule has 2 atom stereocenters. The monoisotopic (exact) mass is 569 g/mol. The van der Waals surface area contributed by atoms with E-state index in [4.69, 9.17) is 40.7 Å². The van der Waals surface area contributed by atoms with Crippen molar-refractivity contribution in [1.82, 2.24) is 4.90 Å². The highest BCUT2D eigenvalue weighted by molar-refractivity contribution is 7.78. The fourth-order valence-corrected chi connectivity index (χ4v) is 4.54. The molecule has 2 fully saturated rings. The number of hydrogen-bond acceptors (Lipinski definition) is 6. The van der Waals surface area contributed by atoms with Crippen molar-refractivity contribution in [2.75, 3.05) is 19.3 Å². The topological polar surface area (TPSA) is 133 Å². The molecule has 1 unspecified atom stereocenters. The summed E-state index contributed by atoms with van der Waals surface area (Å²) >= 11 is 4.36. The molecule has 0 aromatic heterocycles. The lowest BCUT2D eigenvalue weighted by Crippen LogP contribution is -2.50. The number of benzene rings is 2. The first-order chi connectivity index (χ1) is 17.7. The molecule has 11 heteroatoms. The summed E-state index contributed by atoms with van der Waals surface area (Å²) in [7, 11) is 0. The zero-order valence-electron chi connectivity index (χ0n) is 22.0. The minimum Gasteiger partial charge on any atom is -0.773 e. The Balaban J connectivity index is 0.000000559. The number of nitrogens with two attached hydrogens (primary N) is 1. The molecule has 0 bridgehead atoms. The van der Waals surface area contributed by atoms with Gasteiger partial charge in [0.2, 0.25) is 0 Å². The number of halogens is 2. The second-order valence-electron chi connectivity index (χ2n) is 9.83. The maximum absolute atomic E-state index is 14.4. The smallest absolute Gasteiger partial charge is 0.300 e. The highest BCUT2D eigenvalue weighted by atomic mass is 35.5. The van der Waals surface area contributed by atoms with Gasteiger partial charge in [-0.05, 0) is 87.6 Å². The van der Waals surface area contributed by atoms with Gasteiger partial charge in [0.25, 0.3) is 11.9 Å². The van der Waals surface area contributed by atoms with E-state index in [-0.39, 0.29) is 17.2 Å². The van der Waals surface area contributed by atoms with Gasteiger partial charge in [0.05, 0.1) is 5.56 Å². The highest BCUT2D eigenvalue weighted by Gasteiger charge is 2.35. The van der Waals surface area contributed by atoms with Crippen LogP contribution in [-0.2, 0) is 21.4 Å². The molecule has 1 saturated carbocycles. The lowest BCUT2D eigenvalue weighted by atomic mass is 9.89. The van der Waals surface area contributed by atoms with E-state index >= 15 is 0 Å². The van der Waals surface area contributed by atoms with Crippen molar-refractivity contribution in [3.63, 3.8) is 0 Å². The summed E-state index contributed by atoms with van der Waals surface area (Å²) in [4.78, 5) is 23.0. The Labute approximate surface area is 230 Å². The number of amides is 1. The van der Waals surface area contributed by atoms with E-state index in [0.29, 0.717) is 11.7 Å². The average molecular weight is 570 g/mol. The van der Waals surface area contributed by atoms with E-state index in [2.05, 4.69) is 24.8 Å². The molecule has 210 valence electrons. The standard InChI is InChI=1S/C24H28ClFN2O2.C2H4O2.CH4O2S/c1-24(2,16-5-3-6-17(25)11-16)28-10-4-7-18(14-28)30-22-13-21(26)20(23(27)29)12-19(22)15-8-9-15;1-2(3)4;1-4(2)3/h3,5-6,11-13,15,18H,4,7-10,14H2,1-2H3,(H2,27,29);1H3,(H,3,4);1H3,(H,2,3)/p-1/t18-;;/m1../s1. The first-order valence-electron chi connectivity index (χ1n) is 12.2. The van der Waals surface area contributed by atoms with Crippen molar-refractivity contribution in [2.45, 2.75) is 64.0 Å². The normalized spacial score (nSPS) is 18.2. The summed E-state index contributed by atoms with van der Waals surface area (Å²) < 4.78 is 38.8. The highest BCUT2D eigenvalue weighted by Crippen LogP contribution is 2.45. The predicted octanol–water partition coefficient (Wildman–Crippen LogP) is 4.82. The fourth-order valence-electron chi connectivity index (χ4n) is 4.35. The SMILES string of the molecule is CC(=O)O.CC(C)(c1cccc(Cl)c1)N1CCC[C@@H](Oc2cc(F)c(C(N)=O)cc2C2CC2)C1.CS(=O)[O-]. The maximum Gasteiger partial charge on any atom is 0.300 e. The Morgan fingerprint density at radius 3 is 2.37 bits per heavy atom. The molecule has 0 radical (unpaired) electrons. The summed E-state index contributed by atoms with van der Waals surface area (Å²) in [5, 5.41) is 8.14. The molecule has 2 aromatic rings. The molecule has 3 N–H and O–H groups in total. The molecule has 38 heavy (non-hydrogen) atoms. The van der Waals surface area contributed by atoms with Crippen molar-refractivity contribution in [2.24, 2.45) is 5.73 Å². The molecule has 2 aromatic carbocycles. The van der Waals surface area contributed by atoms with Crippen LogP contribution in [-0.4, -0.2) is 56.1 Å². The third kappa shape index (κ3) is 9.65. The first-order valence-corrected chi connectivity index (χ1v) is 14.1. The number of ether oxygens (including phenoxy) is 1. The van der Waals surface area contributed by atoms with E-state index in [9.17, 15) is 9.18 Å². The van der Waals surface area contributed by atoms with Crippen LogP contribution in [0.3, 0.4) is 0 Å². The molecule has 1 aliphatic carbocycles. The number of rotatable bonds is 6. The molecule has 0 spiro atoms. The van der Waals surface area contributed by atoms with Gasteiger partial charge >= 0.3 is 0 Å². The van der Waals surface area contributed by atoms with Gasteiger partial charge < -0.3 is 20.1 Å². The number of carboxylic acids is 1. The molecule has 1 heterocycles. The molecule has 1 amide bonds. The van der Waals surface area contributed by atoms with Gasteiger partial charge in [-0.1, -0.05) is 34.8 Å². The van der Waals surface area contributed by atoms with Gasteiger partial charge in [-0.15, -0.1) is 0 Å². The third-order valence-electron chi connectivity index (χ3n) is 6.38. The van der Waals surface area contributed by atoms with Gasteiger partial charge in [-0.3, -0.25) is 18.7 Å². The number of piperidine rings is 1. The van der Waals surface area contributed by atoms with Crippen LogP contribution in [0, 0.1) is 5.82 Å². The second kappa shape index (κ2) is 14.0. The number of likely N-dealkylation sites (tertiary alicyclic amines) is 1.